The maximum atomic E-state index is 12.9. The third-order valence-electron chi connectivity index (χ3n) is 5.31. The van der Waals surface area contributed by atoms with E-state index in [0.29, 0.717) is 31.2 Å². The van der Waals surface area contributed by atoms with Gasteiger partial charge in [0.2, 0.25) is 5.91 Å². The van der Waals surface area contributed by atoms with Gasteiger partial charge in [-0.1, -0.05) is 12.1 Å². The number of hydrogen-bond donors (Lipinski definition) is 0. The summed E-state index contributed by atoms with van der Waals surface area (Å²) in [6.07, 6.45) is 3.77. The highest BCUT2D eigenvalue weighted by molar-refractivity contribution is 7.98. The van der Waals surface area contributed by atoms with Crippen molar-refractivity contribution in [2.24, 2.45) is 0 Å². The van der Waals surface area contributed by atoms with Gasteiger partial charge in [-0.05, 0) is 54.6 Å². The molecule has 0 fully saturated rings. The molecular weight excluding hydrogens is 398 g/mol. The van der Waals surface area contributed by atoms with E-state index in [0.717, 1.165) is 22.4 Å². The molecule has 4 rings (SSSR count). The van der Waals surface area contributed by atoms with Crippen LogP contribution in [0.5, 0.6) is 11.5 Å². The molecule has 0 unspecified atom stereocenters. The first-order valence-corrected chi connectivity index (χ1v) is 11.1. The molecule has 156 valence electrons. The summed E-state index contributed by atoms with van der Waals surface area (Å²) in [6, 6.07) is 14.4. The second-order valence-corrected chi connectivity index (χ2v) is 8.07. The molecule has 0 saturated carbocycles. The summed E-state index contributed by atoms with van der Waals surface area (Å²) in [5.74, 6) is 1.42. The van der Waals surface area contributed by atoms with Gasteiger partial charge in [-0.3, -0.25) is 9.48 Å². The molecule has 0 N–H and O–H groups in total. The number of amides is 1. The van der Waals surface area contributed by atoms with Crippen LogP contribution in [0.4, 0.5) is 0 Å². The number of rotatable bonds is 5. The average molecular weight is 424 g/mol. The standard InChI is InChI=1S/C23H25N3O3S/c1-16-8-9-24-26(16)15-22(27)25-10-11-29-23-19(14-25)12-18(13-21(23)28-2)17-4-6-20(30-3)7-5-17/h4-9,12-13H,10-11,14-15H2,1-3H3. The number of fused-ring (bicyclic) bond motifs is 1. The Hall–Kier alpha value is -2.93. The lowest BCUT2D eigenvalue weighted by molar-refractivity contribution is -0.132. The lowest BCUT2D eigenvalue weighted by Crippen LogP contribution is -2.35. The third kappa shape index (κ3) is 4.16. The molecule has 30 heavy (non-hydrogen) atoms. The summed E-state index contributed by atoms with van der Waals surface area (Å²) in [6.45, 7) is 3.59. The first-order valence-electron chi connectivity index (χ1n) is 9.83. The van der Waals surface area contributed by atoms with Gasteiger partial charge in [0, 0.05) is 28.9 Å². The Labute approximate surface area is 180 Å². The van der Waals surface area contributed by atoms with Gasteiger partial charge in [0.25, 0.3) is 0 Å². The van der Waals surface area contributed by atoms with Crippen LogP contribution in [0.3, 0.4) is 0 Å². The van der Waals surface area contributed by atoms with Crippen LogP contribution in [0.15, 0.2) is 53.6 Å². The van der Waals surface area contributed by atoms with Crippen molar-refractivity contribution in [3.05, 3.63) is 59.9 Å². The monoisotopic (exact) mass is 423 g/mol. The molecule has 0 bridgehead atoms. The number of aromatic nitrogens is 2. The summed E-state index contributed by atoms with van der Waals surface area (Å²) in [7, 11) is 1.65. The quantitative estimate of drug-likeness (QED) is 0.581. The van der Waals surface area contributed by atoms with Crippen molar-refractivity contribution in [1.82, 2.24) is 14.7 Å². The van der Waals surface area contributed by atoms with Crippen LogP contribution in [0.2, 0.25) is 0 Å². The fourth-order valence-electron chi connectivity index (χ4n) is 3.59. The number of aryl methyl sites for hydroxylation is 1. The SMILES string of the molecule is COc1cc(-c2ccc(SC)cc2)cc2c1OCCN(C(=O)Cn1nccc1C)C2. The largest absolute Gasteiger partial charge is 0.493 e. The Balaban J connectivity index is 1.63. The van der Waals surface area contributed by atoms with Gasteiger partial charge in [-0.15, -0.1) is 11.8 Å². The number of carbonyl (C=O) groups excluding carboxylic acids is 1. The van der Waals surface area contributed by atoms with Crippen LogP contribution in [-0.4, -0.2) is 47.1 Å². The minimum Gasteiger partial charge on any atom is -0.493 e. The number of hydrogen-bond acceptors (Lipinski definition) is 5. The molecule has 1 aliphatic rings. The van der Waals surface area contributed by atoms with Crippen LogP contribution < -0.4 is 9.47 Å². The van der Waals surface area contributed by atoms with E-state index in [4.69, 9.17) is 9.47 Å². The van der Waals surface area contributed by atoms with E-state index in [1.807, 2.05) is 24.0 Å². The van der Waals surface area contributed by atoms with Crippen LogP contribution in [0.1, 0.15) is 11.3 Å². The minimum atomic E-state index is 0.0203. The highest BCUT2D eigenvalue weighted by Crippen LogP contribution is 2.38. The number of thioether (sulfide) groups is 1. The zero-order valence-corrected chi connectivity index (χ0v) is 18.2. The van der Waals surface area contributed by atoms with Gasteiger partial charge in [-0.2, -0.15) is 5.10 Å². The summed E-state index contributed by atoms with van der Waals surface area (Å²) in [5, 5.41) is 4.23. The highest BCUT2D eigenvalue weighted by atomic mass is 32.2. The van der Waals surface area contributed by atoms with Crippen molar-refractivity contribution in [2.75, 3.05) is 26.5 Å². The number of nitrogens with zero attached hydrogens (tertiary/aromatic N) is 3. The van der Waals surface area contributed by atoms with E-state index in [-0.39, 0.29) is 12.5 Å². The first kappa shape index (κ1) is 20.3. The summed E-state index contributed by atoms with van der Waals surface area (Å²) >= 11 is 1.72. The van der Waals surface area contributed by atoms with Crippen molar-refractivity contribution in [1.29, 1.82) is 0 Å². The van der Waals surface area contributed by atoms with E-state index in [9.17, 15) is 4.79 Å². The second kappa shape index (κ2) is 8.83. The molecule has 0 spiro atoms. The van der Waals surface area contributed by atoms with Crippen molar-refractivity contribution in [3.63, 3.8) is 0 Å². The second-order valence-electron chi connectivity index (χ2n) is 7.19. The van der Waals surface area contributed by atoms with Crippen molar-refractivity contribution in [3.8, 4) is 22.6 Å². The van der Waals surface area contributed by atoms with E-state index in [1.54, 1.807) is 29.8 Å². The minimum absolute atomic E-state index is 0.0203. The predicted octanol–water partition coefficient (Wildman–Crippen LogP) is 4.01. The summed E-state index contributed by atoms with van der Waals surface area (Å²) in [5.41, 5.74) is 4.05. The van der Waals surface area contributed by atoms with Crippen LogP contribution in [-0.2, 0) is 17.9 Å². The molecule has 2 aromatic carbocycles. The Kier molecular flexibility index (Phi) is 5.99. The third-order valence-corrected chi connectivity index (χ3v) is 6.05. The van der Waals surface area contributed by atoms with Gasteiger partial charge < -0.3 is 14.4 Å². The Morgan fingerprint density at radius 2 is 2.00 bits per heavy atom. The zero-order valence-electron chi connectivity index (χ0n) is 17.4. The normalized spacial score (nSPS) is 13.4. The molecule has 0 radical (unpaired) electrons. The lowest BCUT2D eigenvalue weighted by Gasteiger charge is -2.20. The van der Waals surface area contributed by atoms with Crippen molar-refractivity contribution in [2.45, 2.75) is 24.9 Å². The molecule has 0 atom stereocenters. The van der Waals surface area contributed by atoms with E-state index < -0.39 is 0 Å². The highest BCUT2D eigenvalue weighted by Gasteiger charge is 2.24. The molecule has 0 aliphatic carbocycles. The number of carbonyl (C=O) groups is 1. The average Bonchev–Trinajstić information content (AvgIpc) is 3.04. The molecular formula is C23H25N3O3S. The number of benzene rings is 2. The Morgan fingerprint density at radius 1 is 1.20 bits per heavy atom. The summed E-state index contributed by atoms with van der Waals surface area (Å²) < 4.78 is 13.3. The molecule has 6 nitrogen and oxygen atoms in total. The molecule has 0 saturated heterocycles. The van der Waals surface area contributed by atoms with Gasteiger partial charge in [0.15, 0.2) is 11.5 Å². The Bertz CT molecular complexity index is 1050. The molecule has 1 aromatic heterocycles. The van der Waals surface area contributed by atoms with Crippen LogP contribution >= 0.6 is 11.8 Å². The molecule has 3 aromatic rings. The molecule has 7 heteroatoms. The van der Waals surface area contributed by atoms with Crippen LogP contribution in [0, 0.1) is 6.92 Å². The fraction of sp³-hybridized carbons (Fsp3) is 0.304. The zero-order chi connectivity index (χ0) is 21.1. The smallest absolute Gasteiger partial charge is 0.244 e. The van der Waals surface area contributed by atoms with Crippen LogP contribution in [0.25, 0.3) is 11.1 Å². The van der Waals surface area contributed by atoms with Crippen molar-refractivity contribution < 1.29 is 14.3 Å². The van der Waals surface area contributed by atoms with Gasteiger partial charge >= 0.3 is 0 Å². The maximum Gasteiger partial charge on any atom is 0.244 e. The molecule has 2 heterocycles. The lowest BCUT2D eigenvalue weighted by atomic mass is 10.0. The van der Waals surface area contributed by atoms with E-state index in [1.165, 1.54) is 4.90 Å². The van der Waals surface area contributed by atoms with Gasteiger partial charge in [0.05, 0.1) is 13.7 Å². The first-order chi connectivity index (χ1) is 14.6. The number of ether oxygens (including phenoxy) is 2. The van der Waals surface area contributed by atoms with Crippen molar-refractivity contribution >= 4 is 17.7 Å². The fourth-order valence-corrected chi connectivity index (χ4v) is 4.00. The number of methoxy groups -OCH3 is 1. The van der Waals surface area contributed by atoms with E-state index >= 15 is 0 Å². The van der Waals surface area contributed by atoms with Gasteiger partial charge in [-0.25, -0.2) is 0 Å². The molecule has 1 aliphatic heterocycles. The Morgan fingerprint density at radius 3 is 2.67 bits per heavy atom. The van der Waals surface area contributed by atoms with E-state index in [2.05, 4.69) is 41.7 Å². The summed E-state index contributed by atoms with van der Waals surface area (Å²) in [4.78, 5) is 16.0. The van der Waals surface area contributed by atoms with Gasteiger partial charge in [0.1, 0.15) is 13.2 Å². The maximum absolute atomic E-state index is 12.9. The predicted molar refractivity (Wildman–Crippen MR) is 118 cm³/mol. The topological polar surface area (TPSA) is 56.6 Å². The molecule has 1 amide bonds.